The minimum absolute atomic E-state index is 0.00766. The summed E-state index contributed by atoms with van der Waals surface area (Å²) in [5.74, 6) is -0.327. The molecular formula is C14H11BrF3N. The highest BCUT2D eigenvalue weighted by molar-refractivity contribution is 9.10. The van der Waals surface area contributed by atoms with Crippen LogP contribution in [-0.2, 0) is 6.54 Å². The molecular weight excluding hydrogens is 319 g/mol. The first-order valence-corrected chi connectivity index (χ1v) is 6.41. The molecule has 0 aliphatic rings. The maximum Gasteiger partial charge on any atom is 0.263 e. The van der Waals surface area contributed by atoms with Crippen molar-refractivity contribution >= 4 is 21.6 Å². The number of hydrogen-bond donors (Lipinski definition) is 1. The Hall–Kier alpha value is -1.49. The van der Waals surface area contributed by atoms with Crippen molar-refractivity contribution in [1.82, 2.24) is 0 Å². The Bertz CT molecular complexity index is 555. The SMILES string of the molecule is Fc1ccc(NCc2ccc(C(F)F)cc2)cc1Br. The van der Waals surface area contributed by atoms with Crippen molar-refractivity contribution in [2.24, 2.45) is 0 Å². The fraction of sp³-hybridized carbons (Fsp3) is 0.143. The maximum atomic E-state index is 13.0. The zero-order valence-corrected chi connectivity index (χ0v) is 11.4. The first-order chi connectivity index (χ1) is 9.06. The average Bonchev–Trinajstić information content (AvgIpc) is 2.40. The van der Waals surface area contributed by atoms with Gasteiger partial charge in [0.15, 0.2) is 0 Å². The normalized spacial score (nSPS) is 10.8. The van der Waals surface area contributed by atoms with E-state index in [1.165, 1.54) is 18.2 Å². The fourth-order valence-corrected chi connectivity index (χ4v) is 1.97. The average molecular weight is 330 g/mol. The van der Waals surface area contributed by atoms with Crippen molar-refractivity contribution in [2.75, 3.05) is 5.32 Å². The second-order valence-corrected chi connectivity index (χ2v) is 4.88. The van der Waals surface area contributed by atoms with Crippen molar-refractivity contribution < 1.29 is 13.2 Å². The summed E-state index contributed by atoms with van der Waals surface area (Å²) in [6, 6.07) is 10.7. The molecule has 19 heavy (non-hydrogen) atoms. The molecule has 0 heterocycles. The van der Waals surface area contributed by atoms with E-state index in [4.69, 9.17) is 0 Å². The molecule has 1 nitrogen and oxygen atoms in total. The summed E-state index contributed by atoms with van der Waals surface area (Å²) in [6.07, 6.45) is -2.45. The minimum atomic E-state index is -2.45. The summed E-state index contributed by atoms with van der Waals surface area (Å²) in [5, 5.41) is 3.09. The van der Waals surface area contributed by atoms with Gasteiger partial charge in [-0.1, -0.05) is 24.3 Å². The standard InChI is InChI=1S/C14H11BrF3N/c15-12-7-11(5-6-13(12)16)19-8-9-1-3-10(4-2-9)14(17)18/h1-7,14,19H,8H2. The number of alkyl halides is 2. The molecule has 0 fully saturated rings. The third-order valence-corrected chi connectivity index (χ3v) is 3.26. The molecule has 5 heteroatoms. The minimum Gasteiger partial charge on any atom is -0.381 e. The van der Waals surface area contributed by atoms with E-state index in [0.29, 0.717) is 11.0 Å². The molecule has 2 aromatic rings. The van der Waals surface area contributed by atoms with Gasteiger partial charge in [-0.2, -0.15) is 0 Å². The van der Waals surface area contributed by atoms with E-state index in [1.807, 2.05) is 0 Å². The van der Waals surface area contributed by atoms with Crippen LogP contribution in [-0.4, -0.2) is 0 Å². The lowest BCUT2D eigenvalue weighted by molar-refractivity contribution is 0.151. The molecule has 1 N–H and O–H groups in total. The molecule has 0 aliphatic heterocycles. The van der Waals surface area contributed by atoms with Crippen LogP contribution in [0.25, 0.3) is 0 Å². The zero-order valence-electron chi connectivity index (χ0n) is 9.84. The number of nitrogens with one attached hydrogen (secondary N) is 1. The second-order valence-electron chi connectivity index (χ2n) is 4.02. The van der Waals surface area contributed by atoms with Gasteiger partial charge in [-0.05, 0) is 39.7 Å². The molecule has 0 radical (unpaired) electrons. The fourth-order valence-electron chi connectivity index (χ4n) is 1.59. The first-order valence-electron chi connectivity index (χ1n) is 5.62. The number of hydrogen-bond acceptors (Lipinski definition) is 1. The lowest BCUT2D eigenvalue weighted by Gasteiger charge is -2.08. The molecule has 0 atom stereocenters. The van der Waals surface area contributed by atoms with E-state index >= 15 is 0 Å². The molecule has 2 rings (SSSR count). The Balaban J connectivity index is 2.00. The van der Waals surface area contributed by atoms with Gasteiger partial charge in [0.25, 0.3) is 6.43 Å². The third-order valence-electron chi connectivity index (χ3n) is 2.65. The smallest absolute Gasteiger partial charge is 0.263 e. The molecule has 0 saturated carbocycles. The summed E-state index contributed by atoms with van der Waals surface area (Å²) < 4.78 is 38.2. The van der Waals surface area contributed by atoms with Crippen LogP contribution in [0.4, 0.5) is 18.9 Å². The van der Waals surface area contributed by atoms with E-state index in [0.717, 1.165) is 11.3 Å². The molecule has 2 aromatic carbocycles. The van der Waals surface area contributed by atoms with Crippen LogP contribution in [0, 0.1) is 5.82 Å². The Morgan fingerprint density at radius 3 is 2.32 bits per heavy atom. The van der Waals surface area contributed by atoms with Gasteiger partial charge in [-0.15, -0.1) is 0 Å². The van der Waals surface area contributed by atoms with Crippen molar-refractivity contribution in [3.63, 3.8) is 0 Å². The van der Waals surface area contributed by atoms with Crippen LogP contribution in [0.3, 0.4) is 0 Å². The summed E-state index contributed by atoms with van der Waals surface area (Å²) in [7, 11) is 0. The van der Waals surface area contributed by atoms with Crippen LogP contribution in [0.15, 0.2) is 46.9 Å². The third kappa shape index (κ3) is 3.73. The van der Waals surface area contributed by atoms with Gasteiger partial charge in [0.2, 0.25) is 0 Å². The van der Waals surface area contributed by atoms with E-state index in [9.17, 15) is 13.2 Å². The molecule has 0 amide bonds. The van der Waals surface area contributed by atoms with Gasteiger partial charge in [-0.25, -0.2) is 13.2 Å². The van der Waals surface area contributed by atoms with Crippen LogP contribution in [0.1, 0.15) is 17.6 Å². The molecule has 0 spiro atoms. The highest BCUT2D eigenvalue weighted by atomic mass is 79.9. The van der Waals surface area contributed by atoms with Crippen LogP contribution in [0.5, 0.6) is 0 Å². The number of halogens is 4. The Morgan fingerprint density at radius 1 is 1.05 bits per heavy atom. The highest BCUT2D eigenvalue weighted by Gasteiger charge is 2.06. The molecule has 0 bridgehead atoms. The van der Waals surface area contributed by atoms with Crippen molar-refractivity contribution in [1.29, 1.82) is 0 Å². The molecule has 0 aromatic heterocycles. The Morgan fingerprint density at radius 2 is 1.74 bits per heavy atom. The van der Waals surface area contributed by atoms with E-state index < -0.39 is 6.43 Å². The largest absolute Gasteiger partial charge is 0.381 e. The number of rotatable bonds is 4. The van der Waals surface area contributed by atoms with E-state index in [-0.39, 0.29) is 11.4 Å². The summed E-state index contributed by atoms with van der Waals surface area (Å²) >= 11 is 3.10. The first kappa shape index (κ1) is 13.9. The van der Waals surface area contributed by atoms with Crippen LogP contribution in [0.2, 0.25) is 0 Å². The molecule has 0 unspecified atom stereocenters. The lowest BCUT2D eigenvalue weighted by Crippen LogP contribution is -1.99. The lowest BCUT2D eigenvalue weighted by atomic mass is 10.1. The summed E-state index contributed by atoms with van der Waals surface area (Å²) in [4.78, 5) is 0. The summed E-state index contributed by atoms with van der Waals surface area (Å²) in [5.41, 5.74) is 1.64. The van der Waals surface area contributed by atoms with Gasteiger partial charge in [0.05, 0.1) is 4.47 Å². The maximum absolute atomic E-state index is 13.0. The molecule has 0 aliphatic carbocycles. The van der Waals surface area contributed by atoms with E-state index in [1.54, 1.807) is 24.3 Å². The number of benzene rings is 2. The molecule has 100 valence electrons. The predicted octanol–water partition coefficient (Wildman–Crippen LogP) is 5.14. The van der Waals surface area contributed by atoms with E-state index in [2.05, 4.69) is 21.2 Å². The second kappa shape index (κ2) is 6.10. The topological polar surface area (TPSA) is 12.0 Å². The van der Waals surface area contributed by atoms with Gasteiger partial charge in [-0.3, -0.25) is 0 Å². The quantitative estimate of drug-likeness (QED) is 0.819. The zero-order chi connectivity index (χ0) is 13.8. The van der Waals surface area contributed by atoms with Crippen molar-refractivity contribution in [2.45, 2.75) is 13.0 Å². The number of anilines is 1. The van der Waals surface area contributed by atoms with Gasteiger partial charge in [0, 0.05) is 17.8 Å². The summed E-state index contributed by atoms with van der Waals surface area (Å²) in [6.45, 7) is 0.488. The van der Waals surface area contributed by atoms with Crippen molar-refractivity contribution in [3.8, 4) is 0 Å². The predicted molar refractivity (Wildman–Crippen MR) is 72.8 cm³/mol. The van der Waals surface area contributed by atoms with Gasteiger partial charge >= 0.3 is 0 Å². The monoisotopic (exact) mass is 329 g/mol. The van der Waals surface area contributed by atoms with Gasteiger partial charge in [0.1, 0.15) is 5.82 Å². The molecule has 0 saturated heterocycles. The van der Waals surface area contributed by atoms with Crippen molar-refractivity contribution in [3.05, 3.63) is 63.9 Å². The van der Waals surface area contributed by atoms with Crippen LogP contribution < -0.4 is 5.32 Å². The van der Waals surface area contributed by atoms with Gasteiger partial charge < -0.3 is 5.32 Å². The Labute approximate surface area is 117 Å². The highest BCUT2D eigenvalue weighted by Crippen LogP contribution is 2.21. The Kier molecular flexibility index (Phi) is 4.47. The van der Waals surface area contributed by atoms with Crippen LogP contribution >= 0.6 is 15.9 Å².